The van der Waals surface area contributed by atoms with E-state index in [0.717, 1.165) is 16.5 Å². The first-order valence-electron chi connectivity index (χ1n) is 8.57. The highest BCUT2D eigenvalue weighted by Gasteiger charge is 2.38. The van der Waals surface area contributed by atoms with Crippen molar-refractivity contribution in [2.24, 2.45) is 0 Å². The van der Waals surface area contributed by atoms with Gasteiger partial charge in [-0.25, -0.2) is 0 Å². The summed E-state index contributed by atoms with van der Waals surface area (Å²) in [5.41, 5.74) is 3.25. The molecule has 4 aromatic heterocycles. The first kappa shape index (κ1) is 17.6. The Morgan fingerprint density at radius 2 is 1.82 bits per heavy atom. The second-order valence-electron chi connectivity index (χ2n) is 7.24. The summed E-state index contributed by atoms with van der Waals surface area (Å²) in [7, 11) is 0. The van der Waals surface area contributed by atoms with Gasteiger partial charge in [-0.15, -0.1) is 22.7 Å². The number of nitrogens with one attached hydrogen (secondary N) is 1. The molecule has 4 aromatic rings. The molecule has 0 bridgehead atoms. The lowest BCUT2D eigenvalue weighted by Crippen LogP contribution is -2.13. The Morgan fingerprint density at radius 1 is 1.00 bits per heavy atom. The van der Waals surface area contributed by atoms with Gasteiger partial charge in [-0.2, -0.15) is 18.3 Å². The van der Waals surface area contributed by atoms with Crippen LogP contribution >= 0.6 is 22.7 Å². The quantitative estimate of drug-likeness (QED) is 0.400. The van der Waals surface area contributed by atoms with Gasteiger partial charge in [0.15, 0.2) is 0 Å². The summed E-state index contributed by atoms with van der Waals surface area (Å²) in [6.07, 6.45) is -2.85. The monoisotopic (exact) mass is 417 g/mol. The van der Waals surface area contributed by atoms with Crippen LogP contribution in [0.4, 0.5) is 13.2 Å². The van der Waals surface area contributed by atoms with Crippen LogP contribution in [0, 0.1) is 0 Å². The highest BCUT2D eigenvalue weighted by Crippen LogP contribution is 2.55. The molecule has 8 heteroatoms. The average Bonchev–Trinajstić information content (AvgIpc) is 3.40. The van der Waals surface area contributed by atoms with Crippen LogP contribution in [0.2, 0.25) is 0 Å². The minimum absolute atomic E-state index is 0.0426. The van der Waals surface area contributed by atoms with E-state index in [1.165, 1.54) is 20.9 Å². The third-order valence-corrected chi connectivity index (χ3v) is 7.40. The zero-order chi connectivity index (χ0) is 19.7. The number of pyridine rings is 1. The molecule has 1 aliphatic carbocycles. The molecule has 142 valence electrons. The fourth-order valence-corrected chi connectivity index (χ4v) is 6.16. The van der Waals surface area contributed by atoms with Crippen molar-refractivity contribution in [2.75, 3.05) is 0 Å². The van der Waals surface area contributed by atoms with Crippen molar-refractivity contribution in [2.45, 2.75) is 25.4 Å². The number of H-pyrrole nitrogens is 1. The van der Waals surface area contributed by atoms with Gasteiger partial charge in [0.2, 0.25) is 0 Å². The van der Waals surface area contributed by atoms with E-state index < -0.39 is 11.9 Å². The van der Waals surface area contributed by atoms with Crippen molar-refractivity contribution in [3.63, 3.8) is 0 Å². The fraction of sp³-hybridized carbons (Fsp3) is 0.200. The highest BCUT2D eigenvalue weighted by molar-refractivity contribution is 7.23. The molecule has 0 radical (unpaired) electrons. The number of hydrogen-bond acceptors (Lipinski definition) is 4. The molecule has 1 N–H and O–H groups in total. The summed E-state index contributed by atoms with van der Waals surface area (Å²) < 4.78 is 38.5. The summed E-state index contributed by atoms with van der Waals surface area (Å²) in [5.74, 6) is 0. The van der Waals surface area contributed by atoms with Crippen LogP contribution < -0.4 is 0 Å². The van der Waals surface area contributed by atoms with Crippen LogP contribution in [0.5, 0.6) is 0 Å². The minimum atomic E-state index is -4.46. The van der Waals surface area contributed by atoms with Crippen LogP contribution in [-0.2, 0) is 11.6 Å². The van der Waals surface area contributed by atoms with Crippen LogP contribution in [0.1, 0.15) is 30.7 Å². The summed E-state index contributed by atoms with van der Waals surface area (Å²) in [6.45, 7) is 4.45. The molecule has 0 amide bonds. The van der Waals surface area contributed by atoms with Crippen molar-refractivity contribution in [1.29, 1.82) is 0 Å². The smallest absolute Gasteiger partial charge is 0.273 e. The zero-order valence-electron chi connectivity index (χ0n) is 14.9. The number of rotatable bonds is 2. The fourth-order valence-electron chi connectivity index (χ4n) is 3.61. The summed E-state index contributed by atoms with van der Waals surface area (Å²) >= 11 is 3.46. The number of thiophene rings is 2. The molecule has 0 fully saturated rings. The molecule has 4 heterocycles. The molecule has 0 saturated heterocycles. The number of fused-ring (bicyclic) bond motifs is 3. The van der Waals surface area contributed by atoms with E-state index in [4.69, 9.17) is 0 Å². The Bertz CT molecular complexity index is 1200. The topological polar surface area (TPSA) is 41.6 Å². The number of halogens is 3. The molecule has 0 aromatic carbocycles. The van der Waals surface area contributed by atoms with Crippen LogP contribution in [0.3, 0.4) is 0 Å². The van der Waals surface area contributed by atoms with Gasteiger partial charge in [-0.1, -0.05) is 13.8 Å². The van der Waals surface area contributed by atoms with Gasteiger partial charge in [0.1, 0.15) is 11.4 Å². The van der Waals surface area contributed by atoms with Crippen molar-refractivity contribution in [3.8, 4) is 31.6 Å². The summed E-state index contributed by atoms with van der Waals surface area (Å²) in [6, 6.07) is 9.04. The number of aromatic amines is 1. The van der Waals surface area contributed by atoms with Crippen molar-refractivity contribution in [3.05, 3.63) is 58.7 Å². The van der Waals surface area contributed by atoms with Crippen molar-refractivity contribution in [1.82, 2.24) is 15.2 Å². The third kappa shape index (κ3) is 2.55. The molecule has 1 aliphatic rings. The van der Waals surface area contributed by atoms with Crippen molar-refractivity contribution >= 4 is 22.7 Å². The molecule has 0 spiro atoms. The lowest BCUT2D eigenvalue weighted by molar-refractivity contribution is -0.141. The number of hydrogen-bond donors (Lipinski definition) is 1. The van der Waals surface area contributed by atoms with Gasteiger partial charge < -0.3 is 0 Å². The van der Waals surface area contributed by atoms with E-state index in [1.807, 2.05) is 11.2 Å². The second-order valence-corrected chi connectivity index (χ2v) is 9.20. The lowest BCUT2D eigenvalue weighted by atomic mass is 9.84. The van der Waals surface area contributed by atoms with Gasteiger partial charge in [0.05, 0.1) is 5.69 Å². The zero-order valence-corrected chi connectivity index (χ0v) is 16.5. The second kappa shape index (κ2) is 5.78. The number of alkyl halides is 3. The molecule has 0 unspecified atom stereocenters. The van der Waals surface area contributed by atoms with Gasteiger partial charge in [-0.3, -0.25) is 10.1 Å². The molecule has 0 saturated carbocycles. The number of nitrogens with zero attached hydrogens (tertiary/aromatic N) is 2. The molecule has 0 aliphatic heterocycles. The van der Waals surface area contributed by atoms with E-state index in [1.54, 1.807) is 34.9 Å². The predicted octanol–water partition coefficient (Wildman–Crippen LogP) is 6.59. The third-order valence-electron chi connectivity index (χ3n) is 5.14. The van der Waals surface area contributed by atoms with Crippen molar-refractivity contribution < 1.29 is 13.2 Å². The van der Waals surface area contributed by atoms with Gasteiger partial charge in [0, 0.05) is 26.2 Å². The largest absolute Gasteiger partial charge is 0.432 e. The van der Waals surface area contributed by atoms with Gasteiger partial charge in [0.25, 0.3) is 0 Å². The Balaban J connectivity index is 1.56. The molecule has 3 nitrogen and oxygen atoms in total. The Kier molecular flexibility index (Phi) is 3.64. The van der Waals surface area contributed by atoms with Crippen LogP contribution in [0.15, 0.2) is 41.9 Å². The molecular weight excluding hydrogens is 403 g/mol. The van der Waals surface area contributed by atoms with E-state index in [9.17, 15) is 13.2 Å². The SMILES string of the molecule is CC1(C)c2ccsc2-c2sc(-c3ccnc(-c4cc(C(F)(F)F)[nH]n4)c3)cc21. The van der Waals surface area contributed by atoms with E-state index >= 15 is 0 Å². The summed E-state index contributed by atoms with van der Waals surface area (Å²) in [4.78, 5) is 7.88. The van der Waals surface area contributed by atoms with Crippen LogP contribution in [0.25, 0.3) is 31.6 Å². The van der Waals surface area contributed by atoms with E-state index in [2.05, 4.69) is 41.4 Å². The first-order chi connectivity index (χ1) is 13.2. The molecule has 5 rings (SSSR count). The average molecular weight is 417 g/mol. The predicted molar refractivity (Wildman–Crippen MR) is 106 cm³/mol. The Labute approximate surface area is 166 Å². The van der Waals surface area contributed by atoms with E-state index in [0.29, 0.717) is 5.69 Å². The maximum atomic E-state index is 12.8. The molecule has 0 atom stereocenters. The Hall–Kier alpha value is -2.45. The first-order valence-corrected chi connectivity index (χ1v) is 10.3. The van der Waals surface area contributed by atoms with Gasteiger partial charge in [-0.05, 0) is 52.4 Å². The van der Waals surface area contributed by atoms with Gasteiger partial charge >= 0.3 is 6.18 Å². The van der Waals surface area contributed by atoms with Crippen LogP contribution in [-0.4, -0.2) is 15.2 Å². The molecular formula is C20H14F3N3S2. The Morgan fingerprint density at radius 3 is 2.57 bits per heavy atom. The molecule has 28 heavy (non-hydrogen) atoms. The maximum absolute atomic E-state index is 12.8. The van der Waals surface area contributed by atoms with E-state index in [-0.39, 0.29) is 11.1 Å². The maximum Gasteiger partial charge on any atom is 0.432 e. The number of aromatic nitrogens is 3. The summed E-state index contributed by atoms with van der Waals surface area (Å²) in [5, 5.41) is 7.94. The highest BCUT2D eigenvalue weighted by atomic mass is 32.1. The lowest BCUT2D eigenvalue weighted by Gasteiger charge is -2.18. The minimum Gasteiger partial charge on any atom is -0.273 e. The normalized spacial score (nSPS) is 14.9. The standard InChI is InChI=1S/C20H14F3N3S2/c1-19(2)11-4-6-27-17(11)18-12(19)8-15(28-18)10-3-5-24-13(7-10)14-9-16(26-25-14)20(21,22)23/h3-9H,1-2H3,(H,25,26).